The number of amides is 3. The van der Waals surface area contributed by atoms with Gasteiger partial charge in [0.15, 0.2) is 0 Å². The number of carbonyl (C=O) groups excluding carboxylic acids is 3. The number of hydrogen-bond acceptors (Lipinski definition) is 10. The lowest BCUT2D eigenvalue weighted by atomic mass is 9.88. The van der Waals surface area contributed by atoms with E-state index in [0.717, 1.165) is 71.5 Å². The Kier molecular flexibility index (Phi) is 10.6. The van der Waals surface area contributed by atoms with Crippen molar-refractivity contribution in [3.63, 3.8) is 0 Å². The van der Waals surface area contributed by atoms with E-state index in [1.54, 1.807) is 6.33 Å². The smallest absolute Gasteiger partial charge is 0.292 e. The molecule has 6 aromatic rings. The number of anilines is 1. The van der Waals surface area contributed by atoms with E-state index in [0.29, 0.717) is 30.1 Å². The van der Waals surface area contributed by atoms with Crippen LogP contribution >= 0.6 is 0 Å². The second-order valence-electron chi connectivity index (χ2n) is 16.3. The molecule has 3 amide bonds. The topological polar surface area (TPSA) is 160 Å². The molecule has 298 valence electrons. The Balaban J connectivity index is 0.866. The van der Waals surface area contributed by atoms with Crippen LogP contribution in [0, 0.1) is 12.7 Å². The molecular formula is C44H46FN9O4. The second-order valence-corrected chi connectivity index (χ2v) is 16.3. The zero-order valence-corrected chi connectivity index (χ0v) is 33.0. The first kappa shape index (κ1) is 38.6. The van der Waals surface area contributed by atoms with Crippen molar-refractivity contribution in [2.75, 3.05) is 18.4 Å². The Bertz CT molecular complexity index is 2500. The first-order valence-electron chi connectivity index (χ1n) is 19.6. The Morgan fingerprint density at radius 2 is 1.74 bits per heavy atom. The van der Waals surface area contributed by atoms with Gasteiger partial charge >= 0.3 is 0 Å². The van der Waals surface area contributed by atoms with Gasteiger partial charge in [-0.05, 0) is 97.3 Å². The number of imide groups is 1. The monoisotopic (exact) mass is 783 g/mol. The van der Waals surface area contributed by atoms with Crippen molar-refractivity contribution in [2.24, 2.45) is 0 Å². The number of fused-ring (bicyclic) bond motifs is 1. The average molecular weight is 784 g/mol. The Hall–Kier alpha value is -6.28. The Morgan fingerprint density at radius 3 is 2.45 bits per heavy atom. The van der Waals surface area contributed by atoms with E-state index in [2.05, 4.69) is 77.5 Å². The summed E-state index contributed by atoms with van der Waals surface area (Å²) < 4.78 is 22.4. The molecule has 5 heterocycles. The first-order chi connectivity index (χ1) is 27.9. The summed E-state index contributed by atoms with van der Waals surface area (Å²) in [4.78, 5) is 47.6. The molecule has 0 saturated carbocycles. The third-order valence-corrected chi connectivity index (χ3v) is 11.0. The van der Waals surface area contributed by atoms with E-state index in [-0.39, 0.29) is 41.2 Å². The molecule has 2 aliphatic rings. The molecule has 3 N–H and O–H groups in total. The SMILES string of the molecule is Cc1cc(-c2ncnn3cc(-c4ccc(CN5CCC(c6ccc(N[C@H]7CCC(=O)NC7=O)cc6F)CC5)cc4)cc23)ccc1CNC(=O)c1noc(C(C)(C)C)n1. The number of likely N-dealkylation sites (tertiary alicyclic amines) is 1. The molecule has 14 heteroatoms. The molecule has 13 nitrogen and oxygen atoms in total. The minimum absolute atomic E-state index is 0.0144. The van der Waals surface area contributed by atoms with E-state index in [4.69, 9.17) is 4.52 Å². The summed E-state index contributed by atoms with van der Waals surface area (Å²) in [5.41, 5.74) is 8.81. The zero-order valence-electron chi connectivity index (χ0n) is 33.0. The molecular weight excluding hydrogens is 738 g/mol. The van der Waals surface area contributed by atoms with Crippen molar-refractivity contribution in [3.05, 3.63) is 119 Å². The van der Waals surface area contributed by atoms with Crippen LogP contribution < -0.4 is 16.0 Å². The number of piperidine rings is 2. The number of halogens is 1. The predicted octanol–water partition coefficient (Wildman–Crippen LogP) is 6.72. The lowest BCUT2D eigenvalue weighted by molar-refractivity contribution is -0.133. The maximum Gasteiger partial charge on any atom is 0.292 e. The lowest BCUT2D eigenvalue weighted by Gasteiger charge is -2.32. The van der Waals surface area contributed by atoms with Gasteiger partial charge in [-0.2, -0.15) is 10.1 Å². The van der Waals surface area contributed by atoms with Crippen molar-refractivity contribution in [2.45, 2.75) is 83.8 Å². The third kappa shape index (κ3) is 8.37. The zero-order chi connectivity index (χ0) is 40.6. The van der Waals surface area contributed by atoms with Crippen LogP contribution in [0.1, 0.15) is 91.1 Å². The van der Waals surface area contributed by atoms with Gasteiger partial charge in [-0.3, -0.25) is 24.6 Å². The molecule has 2 fully saturated rings. The molecule has 58 heavy (non-hydrogen) atoms. The number of benzene rings is 3. The van der Waals surface area contributed by atoms with Crippen molar-refractivity contribution in [1.29, 1.82) is 0 Å². The van der Waals surface area contributed by atoms with Crippen molar-refractivity contribution in [3.8, 4) is 22.4 Å². The van der Waals surface area contributed by atoms with E-state index in [1.165, 1.54) is 11.6 Å². The van der Waals surface area contributed by atoms with Gasteiger partial charge in [-0.15, -0.1) is 0 Å². The number of aromatic nitrogens is 5. The molecule has 0 aliphatic carbocycles. The number of nitrogens with zero attached hydrogens (tertiary/aromatic N) is 6. The Labute approximate surface area is 335 Å². The molecule has 0 spiro atoms. The van der Waals surface area contributed by atoms with Crippen LogP contribution in [0.25, 0.3) is 27.9 Å². The van der Waals surface area contributed by atoms with Gasteiger partial charge in [0.25, 0.3) is 11.7 Å². The second kappa shape index (κ2) is 15.9. The highest BCUT2D eigenvalue weighted by Gasteiger charge is 2.28. The molecule has 3 aromatic heterocycles. The quantitative estimate of drug-likeness (QED) is 0.127. The van der Waals surface area contributed by atoms with E-state index < -0.39 is 11.9 Å². The van der Waals surface area contributed by atoms with Gasteiger partial charge in [0.05, 0.1) is 11.2 Å². The van der Waals surface area contributed by atoms with Crippen LogP contribution in [0.4, 0.5) is 10.1 Å². The van der Waals surface area contributed by atoms with Gasteiger partial charge in [0.2, 0.25) is 17.7 Å². The number of nitrogens with one attached hydrogen (secondary N) is 3. The molecule has 3 aromatic carbocycles. The molecule has 2 saturated heterocycles. The number of hydrogen-bond donors (Lipinski definition) is 3. The maximum absolute atomic E-state index is 15.3. The van der Waals surface area contributed by atoms with E-state index in [9.17, 15) is 14.4 Å². The van der Waals surface area contributed by atoms with Crippen molar-refractivity contribution in [1.82, 2.24) is 40.3 Å². The summed E-state index contributed by atoms with van der Waals surface area (Å²) in [6.07, 6.45) is 5.94. The molecule has 2 aliphatic heterocycles. The first-order valence-corrected chi connectivity index (χ1v) is 19.6. The highest BCUT2D eigenvalue weighted by atomic mass is 19.1. The summed E-state index contributed by atoms with van der Waals surface area (Å²) in [5, 5.41) is 16.6. The number of carbonyl (C=O) groups is 3. The van der Waals surface area contributed by atoms with Gasteiger partial charge < -0.3 is 15.2 Å². The highest BCUT2D eigenvalue weighted by Crippen LogP contribution is 2.33. The standard InChI is InChI=1S/C44H46FN9O4/c1-26-19-30(9-10-31(26)22-46-42(57)40-51-43(58-52-40)44(2,3)4)39-37-20-32(24-54(37)48-25-47-39)28-7-5-27(6-8-28)23-53-17-15-29(16-18-53)34-12-11-33(21-35(34)45)49-36-13-14-38(55)50-41(36)56/h5-12,19-21,24-25,29,36,49H,13-18,22-23H2,1-4H3,(H,46,57)(H,50,55,56)/t36-/m0/s1. The fraction of sp³-hybridized carbons (Fsp3) is 0.341. The normalized spacial score (nSPS) is 16.7. The molecule has 0 bridgehead atoms. The fourth-order valence-corrected chi connectivity index (χ4v) is 7.67. The van der Waals surface area contributed by atoms with Crippen molar-refractivity contribution >= 4 is 28.9 Å². The largest absolute Gasteiger partial charge is 0.374 e. The summed E-state index contributed by atoms with van der Waals surface area (Å²) in [7, 11) is 0. The predicted molar refractivity (Wildman–Crippen MR) is 216 cm³/mol. The summed E-state index contributed by atoms with van der Waals surface area (Å²) >= 11 is 0. The van der Waals surface area contributed by atoms with Crippen LogP contribution in [-0.2, 0) is 28.1 Å². The number of aryl methyl sites for hydroxylation is 1. The summed E-state index contributed by atoms with van der Waals surface area (Å²) in [6.45, 7) is 10.7. The van der Waals surface area contributed by atoms with E-state index >= 15 is 4.39 Å². The van der Waals surface area contributed by atoms with Crippen LogP contribution in [0.15, 0.2) is 83.8 Å². The van der Waals surface area contributed by atoms with Crippen LogP contribution in [0.5, 0.6) is 0 Å². The van der Waals surface area contributed by atoms with Gasteiger partial charge in [-0.25, -0.2) is 13.9 Å². The number of rotatable bonds is 10. The van der Waals surface area contributed by atoms with Gasteiger partial charge in [-0.1, -0.05) is 68.4 Å². The lowest BCUT2D eigenvalue weighted by Crippen LogP contribution is -2.47. The van der Waals surface area contributed by atoms with Crippen molar-refractivity contribution < 1.29 is 23.3 Å². The maximum atomic E-state index is 15.3. The highest BCUT2D eigenvalue weighted by molar-refractivity contribution is 6.01. The molecule has 0 radical (unpaired) electrons. The third-order valence-electron chi connectivity index (χ3n) is 11.0. The van der Waals surface area contributed by atoms with Gasteiger partial charge in [0, 0.05) is 47.9 Å². The molecule has 8 rings (SSSR count). The molecule has 0 unspecified atom stereocenters. The fourth-order valence-electron chi connectivity index (χ4n) is 7.67. The van der Waals surface area contributed by atoms with Crippen LogP contribution in [-0.4, -0.2) is 66.5 Å². The van der Waals surface area contributed by atoms with Crippen LogP contribution in [0.3, 0.4) is 0 Å². The minimum Gasteiger partial charge on any atom is -0.374 e. The minimum atomic E-state index is -0.548. The summed E-state index contributed by atoms with van der Waals surface area (Å²) in [6, 6.07) is 21.3. The van der Waals surface area contributed by atoms with E-state index in [1.807, 2.05) is 62.7 Å². The van der Waals surface area contributed by atoms with Gasteiger partial charge in [0.1, 0.15) is 18.2 Å². The molecule has 1 atom stereocenters. The average Bonchev–Trinajstić information content (AvgIpc) is 3.89. The summed E-state index contributed by atoms with van der Waals surface area (Å²) in [5.74, 6) is -0.767. The Morgan fingerprint density at radius 1 is 0.966 bits per heavy atom. The van der Waals surface area contributed by atoms with Crippen LogP contribution in [0.2, 0.25) is 0 Å².